The quantitative estimate of drug-likeness (QED) is 0.440. The zero-order valence-corrected chi connectivity index (χ0v) is 16.9. The molecule has 0 N–H and O–H groups in total. The van der Waals surface area contributed by atoms with Crippen LogP contribution in [0.5, 0.6) is 17.2 Å². The van der Waals surface area contributed by atoms with Gasteiger partial charge in [-0.15, -0.1) is 5.10 Å². The van der Waals surface area contributed by atoms with Gasteiger partial charge in [-0.05, 0) is 35.4 Å². The summed E-state index contributed by atoms with van der Waals surface area (Å²) in [5, 5.41) is 8.40. The van der Waals surface area contributed by atoms with Crippen LogP contribution in [0.3, 0.4) is 0 Å². The number of rotatable bonds is 5. The van der Waals surface area contributed by atoms with Crippen molar-refractivity contribution in [2.45, 2.75) is 6.18 Å². The van der Waals surface area contributed by atoms with Gasteiger partial charge in [0.1, 0.15) is 5.52 Å². The average molecular weight is 429 g/mol. The van der Waals surface area contributed by atoms with Crippen molar-refractivity contribution in [2.75, 3.05) is 21.3 Å². The Bertz CT molecular complexity index is 1210. The van der Waals surface area contributed by atoms with E-state index in [1.165, 1.54) is 33.5 Å². The Kier molecular flexibility index (Phi) is 5.18. The first-order valence-electron chi connectivity index (χ1n) is 9.19. The summed E-state index contributed by atoms with van der Waals surface area (Å²) in [6.07, 6.45) is -4.38. The Balaban J connectivity index is 1.81. The zero-order chi connectivity index (χ0) is 22.2. The van der Waals surface area contributed by atoms with E-state index in [2.05, 4.69) is 10.3 Å². The summed E-state index contributed by atoms with van der Waals surface area (Å²) in [6.45, 7) is 0. The molecular weight excluding hydrogens is 411 g/mol. The predicted molar refractivity (Wildman–Crippen MR) is 109 cm³/mol. The fraction of sp³-hybridized carbons (Fsp3) is 0.182. The second kappa shape index (κ2) is 7.82. The van der Waals surface area contributed by atoms with Crippen molar-refractivity contribution in [1.82, 2.24) is 15.0 Å². The molecule has 0 aliphatic rings. The highest BCUT2D eigenvalue weighted by Crippen LogP contribution is 2.40. The summed E-state index contributed by atoms with van der Waals surface area (Å²) in [5.74, 6) is 1.36. The molecule has 0 spiro atoms. The molecule has 4 rings (SSSR count). The molecule has 0 aliphatic carbocycles. The first-order chi connectivity index (χ1) is 14.9. The molecule has 1 aromatic heterocycles. The van der Waals surface area contributed by atoms with Crippen LogP contribution in [-0.2, 0) is 6.18 Å². The van der Waals surface area contributed by atoms with E-state index in [4.69, 9.17) is 14.2 Å². The lowest BCUT2D eigenvalue weighted by Gasteiger charge is -2.14. The highest BCUT2D eigenvalue weighted by molar-refractivity contribution is 5.83. The fourth-order valence-corrected chi connectivity index (χ4v) is 3.33. The second-order valence-electron chi connectivity index (χ2n) is 6.66. The normalized spacial score (nSPS) is 11.5. The maximum atomic E-state index is 12.9. The number of aromatic nitrogens is 3. The first kappa shape index (κ1) is 20.5. The van der Waals surface area contributed by atoms with Crippen LogP contribution in [0.15, 0.2) is 54.6 Å². The van der Waals surface area contributed by atoms with E-state index < -0.39 is 11.7 Å². The van der Waals surface area contributed by atoms with E-state index in [0.29, 0.717) is 39.5 Å². The first-order valence-corrected chi connectivity index (χ1v) is 9.19. The number of nitrogens with zero attached hydrogens (tertiary/aromatic N) is 3. The fourth-order valence-electron chi connectivity index (χ4n) is 3.33. The number of benzene rings is 3. The smallest absolute Gasteiger partial charge is 0.416 e. The third kappa shape index (κ3) is 3.74. The van der Waals surface area contributed by atoms with E-state index in [9.17, 15) is 13.2 Å². The number of alkyl halides is 3. The molecule has 160 valence electrons. The summed E-state index contributed by atoms with van der Waals surface area (Å²) in [4.78, 5) is 0. The summed E-state index contributed by atoms with van der Waals surface area (Å²) in [6, 6.07) is 13.9. The Hall–Kier alpha value is -3.75. The molecule has 0 bridgehead atoms. The lowest BCUT2D eigenvalue weighted by molar-refractivity contribution is -0.137. The molecule has 6 nitrogen and oxygen atoms in total. The molecule has 9 heteroatoms. The molecule has 0 atom stereocenters. The van der Waals surface area contributed by atoms with Crippen LogP contribution in [0.1, 0.15) is 5.56 Å². The third-order valence-corrected chi connectivity index (χ3v) is 4.89. The maximum Gasteiger partial charge on any atom is 0.416 e. The van der Waals surface area contributed by atoms with Crippen molar-refractivity contribution in [3.8, 4) is 34.1 Å². The van der Waals surface area contributed by atoms with Crippen LogP contribution in [0.25, 0.3) is 27.8 Å². The lowest BCUT2D eigenvalue weighted by Crippen LogP contribution is -2.04. The molecule has 31 heavy (non-hydrogen) atoms. The predicted octanol–water partition coefficient (Wildman–Crippen LogP) is 5.13. The molecule has 0 unspecified atom stereocenters. The van der Waals surface area contributed by atoms with Gasteiger partial charge in [0.2, 0.25) is 5.75 Å². The van der Waals surface area contributed by atoms with E-state index in [1.807, 2.05) is 6.07 Å². The SMILES string of the molecule is COc1cc(-n2nnc3ccc(-c4ccc(C(F)(F)F)cc4)cc32)cc(OC)c1OC. The lowest BCUT2D eigenvalue weighted by atomic mass is 10.0. The minimum atomic E-state index is -4.38. The van der Waals surface area contributed by atoms with Crippen LogP contribution >= 0.6 is 0 Å². The van der Waals surface area contributed by atoms with Gasteiger partial charge >= 0.3 is 6.18 Å². The average Bonchev–Trinajstić information content (AvgIpc) is 3.20. The number of halogens is 3. The van der Waals surface area contributed by atoms with Crippen LogP contribution in [0.4, 0.5) is 13.2 Å². The molecule has 0 radical (unpaired) electrons. The van der Waals surface area contributed by atoms with Crippen LogP contribution < -0.4 is 14.2 Å². The van der Waals surface area contributed by atoms with Gasteiger partial charge in [0.05, 0.1) is 38.1 Å². The standard InChI is InChI=1S/C22H18F3N3O3/c1-29-19-11-16(12-20(30-2)21(19)31-3)28-18-10-14(6-9-17(18)26-27-28)13-4-7-15(8-5-13)22(23,24)25/h4-12H,1-3H3. The van der Waals surface area contributed by atoms with Gasteiger partial charge in [0.15, 0.2) is 11.5 Å². The number of methoxy groups -OCH3 is 3. The number of hydrogen-bond donors (Lipinski definition) is 0. The van der Waals surface area contributed by atoms with E-state index in [0.717, 1.165) is 17.7 Å². The van der Waals surface area contributed by atoms with Crippen LogP contribution in [-0.4, -0.2) is 36.3 Å². The number of hydrogen-bond acceptors (Lipinski definition) is 5. The van der Waals surface area contributed by atoms with Gasteiger partial charge in [-0.2, -0.15) is 13.2 Å². The third-order valence-electron chi connectivity index (χ3n) is 4.89. The van der Waals surface area contributed by atoms with E-state index >= 15 is 0 Å². The van der Waals surface area contributed by atoms with Crippen LogP contribution in [0.2, 0.25) is 0 Å². The van der Waals surface area contributed by atoms with Crippen molar-refractivity contribution >= 4 is 11.0 Å². The Morgan fingerprint density at radius 2 is 1.39 bits per heavy atom. The number of ether oxygens (including phenoxy) is 3. The Morgan fingerprint density at radius 1 is 0.774 bits per heavy atom. The van der Waals surface area contributed by atoms with Crippen molar-refractivity contribution < 1.29 is 27.4 Å². The minimum absolute atomic E-state index is 0.448. The molecule has 0 amide bonds. The molecule has 0 saturated carbocycles. The van der Waals surface area contributed by atoms with Gasteiger partial charge in [-0.25, -0.2) is 4.68 Å². The number of fused-ring (bicyclic) bond motifs is 1. The molecule has 0 aliphatic heterocycles. The molecule has 0 saturated heterocycles. The highest BCUT2D eigenvalue weighted by Gasteiger charge is 2.30. The van der Waals surface area contributed by atoms with Crippen molar-refractivity contribution in [3.05, 3.63) is 60.2 Å². The molecule has 3 aromatic carbocycles. The van der Waals surface area contributed by atoms with Crippen molar-refractivity contribution in [1.29, 1.82) is 0 Å². The minimum Gasteiger partial charge on any atom is -0.493 e. The molecule has 1 heterocycles. The highest BCUT2D eigenvalue weighted by atomic mass is 19.4. The monoisotopic (exact) mass is 429 g/mol. The topological polar surface area (TPSA) is 58.4 Å². The van der Waals surface area contributed by atoms with Gasteiger partial charge < -0.3 is 14.2 Å². The largest absolute Gasteiger partial charge is 0.493 e. The van der Waals surface area contributed by atoms with Crippen LogP contribution in [0, 0.1) is 0 Å². The van der Waals surface area contributed by atoms with E-state index in [1.54, 1.807) is 28.9 Å². The van der Waals surface area contributed by atoms with Crippen molar-refractivity contribution in [2.24, 2.45) is 0 Å². The second-order valence-corrected chi connectivity index (χ2v) is 6.66. The molecule has 0 fully saturated rings. The van der Waals surface area contributed by atoms with Gasteiger partial charge in [-0.1, -0.05) is 23.4 Å². The summed E-state index contributed by atoms with van der Waals surface area (Å²) < 4.78 is 56.3. The Morgan fingerprint density at radius 3 is 1.94 bits per heavy atom. The van der Waals surface area contributed by atoms with Gasteiger partial charge in [0.25, 0.3) is 0 Å². The zero-order valence-electron chi connectivity index (χ0n) is 16.9. The van der Waals surface area contributed by atoms with E-state index in [-0.39, 0.29) is 0 Å². The summed E-state index contributed by atoms with van der Waals surface area (Å²) in [7, 11) is 4.55. The molecular formula is C22H18F3N3O3. The summed E-state index contributed by atoms with van der Waals surface area (Å²) >= 11 is 0. The van der Waals surface area contributed by atoms with Gasteiger partial charge in [0, 0.05) is 12.1 Å². The maximum absolute atomic E-state index is 12.9. The molecule has 4 aromatic rings. The summed E-state index contributed by atoms with van der Waals surface area (Å²) in [5.41, 5.74) is 2.61. The Labute approximate surface area is 175 Å². The van der Waals surface area contributed by atoms with Gasteiger partial charge in [-0.3, -0.25) is 0 Å². The van der Waals surface area contributed by atoms with Crippen molar-refractivity contribution in [3.63, 3.8) is 0 Å².